The van der Waals surface area contributed by atoms with Crippen molar-refractivity contribution < 1.29 is 18.3 Å². The number of nitrogens with zero attached hydrogens (tertiary/aromatic N) is 2. The summed E-state index contributed by atoms with van der Waals surface area (Å²) in [6, 6.07) is 12.2. The number of carbonyl (C=O) groups is 1. The van der Waals surface area contributed by atoms with Gasteiger partial charge in [-0.05, 0) is 36.8 Å². The van der Waals surface area contributed by atoms with Crippen molar-refractivity contribution in [3.05, 3.63) is 71.4 Å². The van der Waals surface area contributed by atoms with Gasteiger partial charge in [-0.1, -0.05) is 18.2 Å². The summed E-state index contributed by atoms with van der Waals surface area (Å²) in [6.07, 6.45) is -0.0993. The van der Waals surface area contributed by atoms with E-state index in [9.17, 15) is 13.6 Å². The predicted molar refractivity (Wildman–Crippen MR) is 94.3 cm³/mol. The second-order valence-corrected chi connectivity index (χ2v) is 5.77. The first-order valence-corrected chi connectivity index (χ1v) is 8.21. The fourth-order valence-electron chi connectivity index (χ4n) is 2.75. The van der Waals surface area contributed by atoms with Crippen LogP contribution >= 0.6 is 0 Å². The van der Waals surface area contributed by atoms with Gasteiger partial charge < -0.3 is 4.74 Å². The smallest absolute Gasteiger partial charge is 0.187 e. The van der Waals surface area contributed by atoms with Gasteiger partial charge in [0.05, 0.1) is 12.8 Å². The summed E-state index contributed by atoms with van der Waals surface area (Å²) < 4.78 is 34.7. The number of Topliss-reactive ketones (excluding diaryl/α,β-unsaturated/α-hetero) is 1. The maximum atomic E-state index is 14.4. The van der Waals surface area contributed by atoms with Crippen molar-refractivity contribution in [1.82, 2.24) is 9.78 Å². The maximum Gasteiger partial charge on any atom is 0.187 e. The lowest BCUT2D eigenvalue weighted by atomic mass is 10.1. The van der Waals surface area contributed by atoms with Crippen LogP contribution < -0.4 is 4.74 Å². The van der Waals surface area contributed by atoms with E-state index in [0.717, 1.165) is 0 Å². The molecule has 0 atom stereocenters. The van der Waals surface area contributed by atoms with Gasteiger partial charge in [0.2, 0.25) is 0 Å². The van der Waals surface area contributed by atoms with Crippen molar-refractivity contribution in [1.29, 1.82) is 0 Å². The molecule has 1 aromatic heterocycles. The zero-order valence-corrected chi connectivity index (χ0v) is 14.5. The lowest BCUT2D eigenvalue weighted by Gasteiger charge is -2.07. The fourth-order valence-corrected chi connectivity index (χ4v) is 2.75. The Morgan fingerprint density at radius 2 is 1.88 bits per heavy atom. The van der Waals surface area contributed by atoms with Gasteiger partial charge >= 0.3 is 0 Å². The molecule has 0 N–H and O–H groups in total. The SMILES string of the molecule is CCn1nc(C(=O)Cc2ccccc2F)cc1-c1ccc(OC)cc1F. The van der Waals surface area contributed by atoms with E-state index in [-0.39, 0.29) is 17.9 Å². The van der Waals surface area contributed by atoms with E-state index < -0.39 is 11.6 Å². The molecule has 1 heterocycles. The summed E-state index contributed by atoms with van der Waals surface area (Å²) in [4.78, 5) is 12.5. The summed E-state index contributed by atoms with van der Waals surface area (Å²) in [5, 5.41) is 4.26. The summed E-state index contributed by atoms with van der Waals surface area (Å²) in [5.41, 5.74) is 1.30. The van der Waals surface area contributed by atoms with Crippen LogP contribution in [0, 0.1) is 11.6 Å². The monoisotopic (exact) mass is 356 g/mol. The molecule has 0 unspecified atom stereocenters. The number of hydrogen-bond acceptors (Lipinski definition) is 3. The Morgan fingerprint density at radius 1 is 1.12 bits per heavy atom. The van der Waals surface area contributed by atoms with Gasteiger partial charge in [0, 0.05) is 24.6 Å². The molecule has 4 nitrogen and oxygen atoms in total. The molecule has 2 aromatic carbocycles. The highest BCUT2D eigenvalue weighted by Gasteiger charge is 2.18. The summed E-state index contributed by atoms with van der Waals surface area (Å²) in [6.45, 7) is 2.32. The molecule has 0 saturated heterocycles. The molecule has 26 heavy (non-hydrogen) atoms. The molecular formula is C20H18F2N2O2. The van der Waals surface area contributed by atoms with E-state index in [2.05, 4.69) is 5.10 Å². The Hall–Kier alpha value is -3.02. The molecule has 0 bridgehead atoms. The van der Waals surface area contributed by atoms with E-state index in [0.29, 0.717) is 29.1 Å². The van der Waals surface area contributed by atoms with E-state index in [4.69, 9.17) is 4.74 Å². The molecule has 0 radical (unpaired) electrons. The molecule has 134 valence electrons. The summed E-state index contributed by atoms with van der Waals surface area (Å²) in [7, 11) is 1.46. The van der Waals surface area contributed by atoms with Gasteiger partial charge in [-0.2, -0.15) is 5.10 Å². The Balaban J connectivity index is 1.94. The van der Waals surface area contributed by atoms with E-state index >= 15 is 0 Å². The van der Waals surface area contributed by atoms with Crippen LogP contribution in [-0.4, -0.2) is 22.7 Å². The Kier molecular flexibility index (Phi) is 5.11. The van der Waals surface area contributed by atoms with Crippen molar-refractivity contribution in [2.45, 2.75) is 19.9 Å². The number of carbonyl (C=O) groups excluding carboxylic acids is 1. The Morgan fingerprint density at radius 3 is 2.54 bits per heavy atom. The number of aromatic nitrogens is 2. The summed E-state index contributed by atoms with van der Waals surface area (Å²) in [5.74, 6) is -0.814. The zero-order valence-electron chi connectivity index (χ0n) is 14.5. The van der Waals surface area contributed by atoms with Gasteiger partial charge in [-0.25, -0.2) is 8.78 Å². The third-order valence-electron chi connectivity index (χ3n) is 4.13. The average molecular weight is 356 g/mol. The lowest BCUT2D eigenvalue weighted by Crippen LogP contribution is -2.07. The van der Waals surface area contributed by atoms with Gasteiger partial charge in [0.15, 0.2) is 5.78 Å². The number of hydrogen-bond donors (Lipinski definition) is 0. The molecule has 0 spiro atoms. The highest BCUT2D eigenvalue weighted by atomic mass is 19.1. The highest BCUT2D eigenvalue weighted by Crippen LogP contribution is 2.27. The van der Waals surface area contributed by atoms with Crippen molar-refractivity contribution in [3.8, 4) is 17.0 Å². The fraction of sp³-hybridized carbons (Fsp3) is 0.200. The second-order valence-electron chi connectivity index (χ2n) is 5.77. The van der Waals surface area contributed by atoms with Crippen LogP contribution in [-0.2, 0) is 13.0 Å². The van der Waals surface area contributed by atoms with Crippen LogP contribution in [0.5, 0.6) is 5.75 Å². The number of rotatable bonds is 6. The van der Waals surface area contributed by atoms with Crippen molar-refractivity contribution in [3.63, 3.8) is 0 Å². The molecule has 0 aliphatic rings. The average Bonchev–Trinajstić information content (AvgIpc) is 3.07. The first-order valence-electron chi connectivity index (χ1n) is 8.21. The number of methoxy groups -OCH3 is 1. The molecule has 0 saturated carbocycles. The van der Waals surface area contributed by atoms with Gasteiger partial charge in [0.1, 0.15) is 23.1 Å². The van der Waals surface area contributed by atoms with E-state index in [1.54, 1.807) is 35.0 Å². The highest BCUT2D eigenvalue weighted by molar-refractivity contribution is 5.96. The van der Waals surface area contributed by atoms with Crippen LogP contribution in [0.2, 0.25) is 0 Å². The molecule has 0 aliphatic carbocycles. The molecule has 0 aliphatic heterocycles. The number of halogens is 2. The maximum absolute atomic E-state index is 14.4. The number of ether oxygens (including phenoxy) is 1. The largest absolute Gasteiger partial charge is 0.497 e. The summed E-state index contributed by atoms with van der Waals surface area (Å²) >= 11 is 0. The van der Waals surface area contributed by atoms with Crippen LogP contribution in [0.25, 0.3) is 11.3 Å². The minimum Gasteiger partial charge on any atom is -0.497 e. The quantitative estimate of drug-likeness (QED) is 0.619. The first kappa shape index (κ1) is 17.8. The number of aryl methyl sites for hydroxylation is 1. The van der Waals surface area contributed by atoms with Crippen molar-refractivity contribution in [2.24, 2.45) is 0 Å². The van der Waals surface area contributed by atoms with Crippen LogP contribution in [0.3, 0.4) is 0 Å². The minimum absolute atomic E-state index is 0.0993. The molecule has 0 amide bonds. The lowest BCUT2D eigenvalue weighted by molar-refractivity contribution is 0.0986. The Labute approximate surface area is 150 Å². The zero-order chi connectivity index (χ0) is 18.7. The number of benzene rings is 2. The molecular weight excluding hydrogens is 338 g/mol. The van der Waals surface area contributed by atoms with Gasteiger partial charge in [-0.15, -0.1) is 0 Å². The van der Waals surface area contributed by atoms with Gasteiger partial charge in [-0.3, -0.25) is 9.48 Å². The Bertz CT molecular complexity index is 951. The predicted octanol–water partition coefficient (Wildman–Crippen LogP) is 4.28. The van der Waals surface area contributed by atoms with Crippen LogP contribution in [0.1, 0.15) is 23.0 Å². The molecule has 6 heteroatoms. The second kappa shape index (κ2) is 7.47. The molecule has 3 rings (SSSR count). The van der Waals surface area contributed by atoms with Crippen molar-refractivity contribution in [2.75, 3.05) is 7.11 Å². The third kappa shape index (κ3) is 3.49. The normalized spacial score (nSPS) is 10.8. The minimum atomic E-state index is -0.466. The third-order valence-corrected chi connectivity index (χ3v) is 4.13. The van der Waals surface area contributed by atoms with Gasteiger partial charge in [0.25, 0.3) is 0 Å². The van der Waals surface area contributed by atoms with E-state index in [1.807, 2.05) is 6.92 Å². The van der Waals surface area contributed by atoms with Crippen LogP contribution in [0.15, 0.2) is 48.5 Å². The number of ketones is 1. The first-order chi connectivity index (χ1) is 12.5. The molecule has 3 aromatic rings. The van der Waals surface area contributed by atoms with Crippen molar-refractivity contribution >= 4 is 5.78 Å². The molecule has 0 fully saturated rings. The standard InChI is InChI=1S/C20H18F2N2O2/c1-3-24-19(15-9-8-14(26-2)11-17(15)22)12-18(23-24)20(25)10-13-6-4-5-7-16(13)21/h4-9,11-12H,3,10H2,1-2H3. The van der Waals surface area contributed by atoms with E-state index in [1.165, 1.54) is 25.3 Å². The topological polar surface area (TPSA) is 44.1 Å². The van der Waals surface area contributed by atoms with Crippen LogP contribution in [0.4, 0.5) is 8.78 Å².